The SMILES string of the molecule is COc1ccc([I+]c2cccc(Cl)c2C(=O)N2CCc3c(nn(C)c3-c3cc(F)cc(F)c3)[C@@H]2C)cc1.O=S(=O)([O-])C(F)(F)F. The number of aryl methyl sites for hydroxylation is 1. The number of ether oxygens (including phenoxy) is 1. The number of amides is 1. The van der Waals surface area contributed by atoms with Gasteiger partial charge in [-0.25, -0.2) is 17.2 Å². The zero-order chi connectivity index (χ0) is 33.3. The summed E-state index contributed by atoms with van der Waals surface area (Å²) < 4.78 is 95.8. The van der Waals surface area contributed by atoms with Crippen LogP contribution in [0.15, 0.2) is 60.7 Å². The van der Waals surface area contributed by atoms with E-state index in [1.165, 1.54) is 12.1 Å². The summed E-state index contributed by atoms with van der Waals surface area (Å²) in [5.74, 6) is -0.645. The van der Waals surface area contributed by atoms with Gasteiger partial charge in [-0.1, -0.05) is 17.7 Å². The minimum absolute atomic E-state index is 0.143. The van der Waals surface area contributed by atoms with Gasteiger partial charge in [0.25, 0.3) is 5.91 Å². The first-order valence-corrected chi connectivity index (χ1v) is 16.9. The molecule has 1 amide bonds. The van der Waals surface area contributed by atoms with Crippen LogP contribution in [-0.2, 0) is 23.6 Å². The summed E-state index contributed by atoms with van der Waals surface area (Å²) in [6, 6.07) is 16.6. The minimum atomic E-state index is -6.09. The Balaban J connectivity index is 0.000000510. The van der Waals surface area contributed by atoms with Gasteiger partial charge < -0.3 is 14.2 Å². The first-order chi connectivity index (χ1) is 21.0. The number of methoxy groups -OCH3 is 1. The van der Waals surface area contributed by atoms with Gasteiger partial charge in [0.2, 0.25) is 3.57 Å². The van der Waals surface area contributed by atoms with Gasteiger partial charge in [0.15, 0.2) is 13.7 Å². The molecule has 16 heteroatoms. The van der Waals surface area contributed by atoms with Gasteiger partial charge in [-0.2, -0.15) is 18.3 Å². The number of carbonyl (C=O) groups is 1. The molecule has 0 bridgehead atoms. The summed E-state index contributed by atoms with van der Waals surface area (Å²) >= 11 is 5.94. The van der Waals surface area contributed by atoms with Crippen LogP contribution in [0.2, 0.25) is 5.02 Å². The molecular formula is C29H24ClF5IN3O5S. The van der Waals surface area contributed by atoms with Crippen LogP contribution in [0, 0.1) is 18.8 Å². The van der Waals surface area contributed by atoms with E-state index in [1.807, 2.05) is 43.3 Å². The van der Waals surface area contributed by atoms with Crippen molar-refractivity contribution < 1.29 is 65.7 Å². The zero-order valence-corrected chi connectivity index (χ0v) is 27.4. The third-order valence-electron chi connectivity index (χ3n) is 6.76. The number of hydrogen-bond donors (Lipinski definition) is 0. The maximum atomic E-state index is 13.9. The standard InChI is InChI=1S/C28H24ClF2IN3O2.CHF3O3S/c1-16-26-22(27(34(2)33-26)17-13-18(30)15-19(31)14-17)11-12-35(16)28(36)25-23(29)5-4-6-24(25)32-20-7-9-21(37-3)10-8-20;2-1(3,4)8(5,6)7/h4-10,13-16H,11-12H2,1-3H3;(H,5,6,7)/q+1;/p-1/t16-;/m0./s1. The topological polar surface area (TPSA) is 105 Å². The minimum Gasteiger partial charge on any atom is -0.741 e. The van der Waals surface area contributed by atoms with Crippen molar-refractivity contribution in [1.82, 2.24) is 14.7 Å². The van der Waals surface area contributed by atoms with Crippen LogP contribution >= 0.6 is 11.6 Å². The molecule has 5 rings (SSSR count). The third kappa shape index (κ3) is 7.76. The van der Waals surface area contributed by atoms with Gasteiger partial charge in [0.1, 0.15) is 22.9 Å². The number of fused-ring (bicyclic) bond motifs is 1. The van der Waals surface area contributed by atoms with E-state index in [0.717, 1.165) is 30.2 Å². The van der Waals surface area contributed by atoms with E-state index in [4.69, 9.17) is 29.3 Å². The highest BCUT2D eigenvalue weighted by atomic mass is 127. The van der Waals surface area contributed by atoms with Crippen molar-refractivity contribution in [3.8, 4) is 17.0 Å². The molecule has 1 atom stereocenters. The molecule has 0 fully saturated rings. The molecule has 0 N–H and O–H groups in total. The summed E-state index contributed by atoms with van der Waals surface area (Å²) in [6.07, 6.45) is 0.514. The van der Waals surface area contributed by atoms with Crippen molar-refractivity contribution in [1.29, 1.82) is 0 Å². The van der Waals surface area contributed by atoms with E-state index < -0.39 is 48.5 Å². The number of nitrogens with zero attached hydrogens (tertiary/aromatic N) is 3. The maximum absolute atomic E-state index is 13.9. The Morgan fingerprint density at radius 3 is 2.24 bits per heavy atom. The summed E-state index contributed by atoms with van der Waals surface area (Å²) in [7, 11) is -2.71. The van der Waals surface area contributed by atoms with Crippen molar-refractivity contribution in [2.24, 2.45) is 7.05 Å². The first-order valence-electron chi connectivity index (χ1n) is 12.9. The predicted molar refractivity (Wildman–Crippen MR) is 149 cm³/mol. The summed E-state index contributed by atoms with van der Waals surface area (Å²) in [5.41, 5.74) is -2.41. The maximum Gasteiger partial charge on any atom is 0.485 e. The number of alkyl halides is 3. The van der Waals surface area contributed by atoms with E-state index in [1.54, 1.807) is 29.8 Å². The number of hydrogen-bond acceptors (Lipinski definition) is 6. The number of benzene rings is 3. The van der Waals surface area contributed by atoms with Crippen LogP contribution in [0.3, 0.4) is 0 Å². The Kier molecular flexibility index (Phi) is 10.5. The number of aromatic nitrogens is 2. The second-order valence-corrected chi connectivity index (χ2v) is 14.4. The molecule has 1 aliphatic heterocycles. The van der Waals surface area contributed by atoms with E-state index in [0.29, 0.717) is 34.8 Å². The van der Waals surface area contributed by atoms with Crippen LogP contribution < -0.4 is 25.9 Å². The fourth-order valence-electron chi connectivity index (χ4n) is 4.75. The zero-order valence-electron chi connectivity index (χ0n) is 23.7. The first kappa shape index (κ1) is 34.6. The lowest BCUT2D eigenvalue weighted by Crippen LogP contribution is -3.61. The summed E-state index contributed by atoms with van der Waals surface area (Å²) in [6.45, 7) is 2.36. The molecule has 0 saturated carbocycles. The molecule has 0 aliphatic carbocycles. The van der Waals surface area contributed by atoms with E-state index in [-0.39, 0.29) is 11.9 Å². The molecule has 0 saturated heterocycles. The van der Waals surface area contributed by atoms with Crippen LogP contribution in [0.4, 0.5) is 22.0 Å². The molecule has 8 nitrogen and oxygen atoms in total. The summed E-state index contributed by atoms with van der Waals surface area (Å²) in [5, 5.41) is 5.08. The Morgan fingerprint density at radius 1 is 1.09 bits per heavy atom. The molecule has 45 heavy (non-hydrogen) atoms. The Morgan fingerprint density at radius 2 is 1.69 bits per heavy atom. The van der Waals surface area contributed by atoms with E-state index >= 15 is 0 Å². The quantitative estimate of drug-likeness (QED) is 0.134. The van der Waals surface area contributed by atoms with E-state index in [2.05, 4.69) is 5.10 Å². The van der Waals surface area contributed by atoms with Gasteiger partial charge in [0, 0.05) is 30.8 Å². The molecule has 4 aromatic rings. The van der Waals surface area contributed by atoms with Crippen molar-refractivity contribution in [2.45, 2.75) is 24.9 Å². The van der Waals surface area contributed by atoms with Gasteiger partial charge in [-0.05, 0) is 61.9 Å². The highest BCUT2D eigenvalue weighted by Crippen LogP contribution is 2.37. The van der Waals surface area contributed by atoms with Crippen molar-refractivity contribution in [3.63, 3.8) is 0 Å². The normalized spacial score (nSPS) is 14.8. The third-order valence-corrected chi connectivity index (χ3v) is 10.5. The van der Waals surface area contributed by atoms with Crippen LogP contribution in [-0.4, -0.2) is 52.7 Å². The fourth-order valence-corrected chi connectivity index (χ4v) is 7.73. The fraction of sp³-hybridized carbons (Fsp3) is 0.241. The van der Waals surface area contributed by atoms with Crippen molar-refractivity contribution in [2.75, 3.05) is 13.7 Å². The van der Waals surface area contributed by atoms with Gasteiger partial charge >= 0.3 is 26.7 Å². The molecule has 0 unspecified atom stereocenters. The lowest BCUT2D eigenvalue weighted by atomic mass is 9.95. The van der Waals surface area contributed by atoms with Crippen LogP contribution in [0.1, 0.15) is 34.6 Å². The Hall–Kier alpha value is -3.28. The van der Waals surface area contributed by atoms with Crippen molar-refractivity contribution in [3.05, 3.63) is 101 Å². The number of rotatable bonds is 5. The van der Waals surface area contributed by atoms with Crippen molar-refractivity contribution >= 4 is 27.6 Å². The average Bonchev–Trinajstić information content (AvgIpc) is 3.29. The Labute approximate surface area is 270 Å². The molecule has 0 radical (unpaired) electrons. The number of carbonyl (C=O) groups excluding carboxylic acids is 1. The average molecular weight is 784 g/mol. The van der Waals surface area contributed by atoms with Crippen LogP contribution in [0.25, 0.3) is 11.3 Å². The second-order valence-electron chi connectivity index (χ2n) is 9.67. The van der Waals surface area contributed by atoms with Crippen LogP contribution in [0.5, 0.6) is 5.75 Å². The highest BCUT2D eigenvalue weighted by molar-refractivity contribution is 7.86. The monoisotopic (exact) mass is 783 g/mol. The highest BCUT2D eigenvalue weighted by Gasteiger charge is 2.38. The molecule has 3 aromatic carbocycles. The molecule has 1 aliphatic rings. The molecule has 240 valence electrons. The van der Waals surface area contributed by atoms with Gasteiger partial charge in [0.05, 0.1) is 29.6 Å². The summed E-state index contributed by atoms with van der Waals surface area (Å²) in [4.78, 5) is 15.7. The Bertz CT molecular complexity index is 1810. The second kappa shape index (κ2) is 13.6. The van der Waals surface area contributed by atoms with Gasteiger partial charge in [-0.3, -0.25) is 9.48 Å². The number of halogens is 7. The van der Waals surface area contributed by atoms with Gasteiger partial charge in [-0.15, -0.1) is 0 Å². The molecule has 0 spiro atoms. The lowest BCUT2D eigenvalue weighted by molar-refractivity contribution is -0.597. The lowest BCUT2D eigenvalue weighted by Gasteiger charge is -2.33. The molecular weight excluding hydrogens is 760 g/mol. The molecule has 1 aromatic heterocycles. The largest absolute Gasteiger partial charge is 0.741 e. The predicted octanol–water partition coefficient (Wildman–Crippen LogP) is 2.97. The van der Waals surface area contributed by atoms with E-state index in [9.17, 15) is 26.7 Å². The molecule has 2 heterocycles. The smallest absolute Gasteiger partial charge is 0.485 e.